The second-order valence-electron chi connectivity index (χ2n) is 7.19. The zero-order valence-corrected chi connectivity index (χ0v) is 16.7. The Bertz CT molecular complexity index is 789. The molecule has 28 heavy (non-hydrogen) atoms. The fourth-order valence-electron chi connectivity index (χ4n) is 3.42. The van der Waals surface area contributed by atoms with Crippen molar-refractivity contribution in [2.24, 2.45) is 0 Å². The van der Waals surface area contributed by atoms with Crippen molar-refractivity contribution in [3.63, 3.8) is 0 Å². The van der Waals surface area contributed by atoms with Gasteiger partial charge in [0.15, 0.2) is 13.1 Å². The van der Waals surface area contributed by atoms with Gasteiger partial charge in [-0.2, -0.15) is 0 Å². The van der Waals surface area contributed by atoms with Crippen LogP contribution in [0.3, 0.4) is 0 Å². The van der Waals surface area contributed by atoms with E-state index in [1.807, 2.05) is 31.2 Å². The van der Waals surface area contributed by atoms with Crippen LogP contribution >= 0.6 is 11.6 Å². The lowest BCUT2D eigenvalue weighted by atomic mass is 10.2. The van der Waals surface area contributed by atoms with E-state index in [2.05, 4.69) is 10.6 Å². The zero-order valence-electron chi connectivity index (χ0n) is 16.0. The molecule has 1 atom stereocenters. The van der Waals surface area contributed by atoms with Crippen LogP contribution in [0.2, 0.25) is 5.02 Å². The molecule has 0 spiro atoms. The second kappa shape index (κ2) is 9.73. The van der Waals surface area contributed by atoms with Crippen LogP contribution in [0.15, 0.2) is 47.1 Å². The average molecular weight is 407 g/mol. The number of hydrogen-bond acceptors (Lipinski definition) is 3. The van der Waals surface area contributed by atoms with E-state index in [1.165, 1.54) is 9.80 Å². The molecule has 0 saturated carbocycles. The maximum absolute atomic E-state index is 12.3. The molecule has 0 aliphatic carbocycles. The van der Waals surface area contributed by atoms with E-state index < -0.39 is 0 Å². The van der Waals surface area contributed by atoms with Crippen molar-refractivity contribution >= 4 is 29.1 Å². The highest BCUT2D eigenvalue weighted by atomic mass is 35.5. The van der Waals surface area contributed by atoms with Crippen molar-refractivity contribution in [2.45, 2.75) is 13.0 Å². The average Bonchev–Trinajstić information content (AvgIpc) is 3.20. The Morgan fingerprint density at radius 1 is 1.04 bits per heavy atom. The minimum atomic E-state index is -0.137. The number of quaternary nitrogens is 2. The van der Waals surface area contributed by atoms with E-state index in [1.54, 1.807) is 18.4 Å². The maximum Gasteiger partial charge on any atom is 0.279 e. The molecule has 2 aromatic rings. The number of furan rings is 1. The van der Waals surface area contributed by atoms with Crippen LogP contribution in [0.4, 0.5) is 5.69 Å². The molecule has 1 aromatic carbocycles. The molecule has 3 rings (SSSR count). The van der Waals surface area contributed by atoms with E-state index in [0.29, 0.717) is 23.8 Å². The minimum absolute atomic E-state index is 0.0128. The topological polar surface area (TPSA) is 80.2 Å². The Morgan fingerprint density at radius 2 is 1.68 bits per heavy atom. The quantitative estimate of drug-likeness (QED) is 0.502. The first-order chi connectivity index (χ1) is 13.5. The number of halogens is 1. The molecular formula is C20H27ClN4O3+2. The predicted octanol–water partition coefficient (Wildman–Crippen LogP) is -0.468. The highest BCUT2D eigenvalue weighted by molar-refractivity contribution is 6.33. The Kier molecular flexibility index (Phi) is 7.08. The molecule has 0 bridgehead atoms. The molecule has 7 nitrogen and oxygen atoms in total. The Labute approximate surface area is 169 Å². The summed E-state index contributed by atoms with van der Waals surface area (Å²) in [5.74, 6) is 0.720. The van der Waals surface area contributed by atoms with Crippen LogP contribution in [0, 0.1) is 0 Å². The molecule has 8 heteroatoms. The second-order valence-corrected chi connectivity index (χ2v) is 7.59. The fraction of sp³-hybridized carbons (Fsp3) is 0.400. The van der Waals surface area contributed by atoms with Crippen molar-refractivity contribution in [3.8, 4) is 0 Å². The van der Waals surface area contributed by atoms with Gasteiger partial charge in [0, 0.05) is 0 Å². The number of anilines is 1. The first-order valence-electron chi connectivity index (χ1n) is 9.55. The highest BCUT2D eigenvalue weighted by Crippen LogP contribution is 2.19. The van der Waals surface area contributed by atoms with Crippen molar-refractivity contribution in [1.82, 2.24) is 5.32 Å². The largest absolute Gasteiger partial charge is 0.467 e. The van der Waals surface area contributed by atoms with Gasteiger partial charge in [-0.05, 0) is 31.2 Å². The van der Waals surface area contributed by atoms with Crippen molar-refractivity contribution in [3.05, 3.63) is 53.4 Å². The third kappa shape index (κ3) is 5.82. The van der Waals surface area contributed by atoms with Crippen LogP contribution in [-0.4, -0.2) is 51.1 Å². The number of amides is 2. The predicted molar refractivity (Wildman–Crippen MR) is 106 cm³/mol. The van der Waals surface area contributed by atoms with Gasteiger partial charge in [0.1, 0.15) is 31.9 Å². The lowest BCUT2D eigenvalue weighted by Crippen LogP contribution is -3.28. The fourth-order valence-corrected chi connectivity index (χ4v) is 3.61. The lowest BCUT2D eigenvalue weighted by Gasteiger charge is -2.29. The first kappa shape index (κ1) is 20.4. The molecule has 2 heterocycles. The smallest absolute Gasteiger partial charge is 0.279 e. The van der Waals surface area contributed by atoms with Crippen LogP contribution in [0.25, 0.3) is 0 Å². The summed E-state index contributed by atoms with van der Waals surface area (Å²) in [5.41, 5.74) is 0.639. The number of hydrogen-bond donors (Lipinski definition) is 4. The summed E-state index contributed by atoms with van der Waals surface area (Å²) in [6.07, 6.45) is 1.60. The standard InChI is InChI=1S/C20H25ClN4O3/c1-15(18-7-4-12-28-18)22-19(26)13-24-8-10-25(11-9-24)14-20(27)23-17-6-3-2-5-16(17)21/h2-7,12,15H,8-11,13-14H2,1H3,(H,22,26)(H,23,27)/p+2/t15-/m0/s1. The molecule has 0 radical (unpaired) electrons. The van der Waals surface area contributed by atoms with E-state index in [0.717, 1.165) is 31.9 Å². The first-order valence-corrected chi connectivity index (χ1v) is 9.93. The summed E-state index contributed by atoms with van der Waals surface area (Å²) in [5, 5.41) is 6.37. The Hall–Kier alpha value is -2.35. The van der Waals surface area contributed by atoms with Crippen molar-refractivity contribution in [2.75, 3.05) is 44.6 Å². The van der Waals surface area contributed by atoms with Gasteiger partial charge in [-0.3, -0.25) is 9.59 Å². The SMILES string of the molecule is C[C@H](NC(=O)C[NH+]1CC[NH+](CC(=O)Nc2ccccc2Cl)CC1)c1ccco1. The molecule has 0 unspecified atom stereocenters. The number of piperazine rings is 1. The summed E-state index contributed by atoms with van der Waals surface area (Å²) in [6, 6.07) is 10.7. The van der Waals surface area contributed by atoms with Gasteiger partial charge in [-0.15, -0.1) is 0 Å². The number of carbonyl (C=O) groups excluding carboxylic acids is 2. The summed E-state index contributed by atoms with van der Waals surface area (Å²) < 4.78 is 5.32. The Morgan fingerprint density at radius 3 is 2.29 bits per heavy atom. The monoisotopic (exact) mass is 406 g/mol. The third-order valence-electron chi connectivity index (χ3n) is 4.98. The molecule has 1 aliphatic rings. The van der Waals surface area contributed by atoms with Gasteiger partial charge in [-0.25, -0.2) is 0 Å². The van der Waals surface area contributed by atoms with Crippen LogP contribution in [-0.2, 0) is 9.59 Å². The summed E-state index contributed by atoms with van der Waals surface area (Å²) in [6.45, 7) is 6.17. The van der Waals surface area contributed by atoms with Gasteiger partial charge in [0.25, 0.3) is 11.8 Å². The molecule has 1 fully saturated rings. The molecule has 2 amide bonds. The molecule has 1 aromatic heterocycles. The van der Waals surface area contributed by atoms with E-state index in [4.69, 9.17) is 16.0 Å². The third-order valence-corrected chi connectivity index (χ3v) is 5.31. The number of nitrogens with one attached hydrogen (secondary N) is 4. The van der Waals surface area contributed by atoms with Gasteiger partial charge in [0.05, 0.1) is 23.0 Å². The summed E-state index contributed by atoms with van der Waals surface area (Å²) >= 11 is 6.08. The van der Waals surface area contributed by atoms with Gasteiger partial charge >= 0.3 is 0 Å². The maximum atomic E-state index is 12.3. The molecule has 1 aliphatic heterocycles. The molecular weight excluding hydrogens is 380 g/mol. The normalized spacial score (nSPS) is 20.4. The molecule has 1 saturated heterocycles. The lowest BCUT2D eigenvalue weighted by molar-refractivity contribution is -1.00. The van der Waals surface area contributed by atoms with Gasteiger partial charge in [0.2, 0.25) is 0 Å². The molecule has 4 N–H and O–H groups in total. The van der Waals surface area contributed by atoms with Crippen LogP contribution < -0.4 is 20.4 Å². The van der Waals surface area contributed by atoms with E-state index in [9.17, 15) is 9.59 Å². The number of rotatable bonds is 7. The zero-order chi connectivity index (χ0) is 19.9. The van der Waals surface area contributed by atoms with Gasteiger partial charge in [-0.1, -0.05) is 23.7 Å². The van der Waals surface area contributed by atoms with E-state index in [-0.39, 0.29) is 17.9 Å². The Balaban J connectivity index is 1.37. The number of para-hydroxylation sites is 1. The van der Waals surface area contributed by atoms with Crippen molar-refractivity contribution in [1.29, 1.82) is 0 Å². The van der Waals surface area contributed by atoms with Crippen molar-refractivity contribution < 1.29 is 23.8 Å². The summed E-state index contributed by atoms with van der Waals surface area (Å²) in [4.78, 5) is 27.0. The molecule has 150 valence electrons. The van der Waals surface area contributed by atoms with Crippen LogP contribution in [0.5, 0.6) is 0 Å². The van der Waals surface area contributed by atoms with Gasteiger partial charge < -0.3 is 24.9 Å². The highest BCUT2D eigenvalue weighted by Gasteiger charge is 2.27. The number of benzene rings is 1. The van der Waals surface area contributed by atoms with E-state index >= 15 is 0 Å². The minimum Gasteiger partial charge on any atom is -0.467 e. The summed E-state index contributed by atoms with van der Waals surface area (Å²) in [7, 11) is 0. The van der Waals surface area contributed by atoms with Crippen LogP contribution in [0.1, 0.15) is 18.7 Å². The number of carbonyl (C=O) groups is 2.